The van der Waals surface area contributed by atoms with Crippen molar-refractivity contribution >= 4 is 11.8 Å². The fourth-order valence-corrected chi connectivity index (χ4v) is 2.76. The van der Waals surface area contributed by atoms with Crippen LogP contribution in [0.15, 0.2) is 36.8 Å². The first-order chi connectivity index (χ1) is 9.31. The van der Waals surface area contributed by atoms with Gasteiger partial charge in [0.15, 0.2) is 0 Å². The second-order valence-corrected chi connectivity index (χ2v) is 5.52. The molecule has 1 unspecified atom stereocenters. The van der Waals surface area contributed by atoms with Crippen LogP contribution in [-0.2, 0) is 12.2 Å². The molecule has 0 radical (unpaired) electrons. The molecule has 1 heterocycles. The molecule has 0 aliphatic heterocycles. The molecule has 0 spiro atoms. The lowest BCUT2D eigenvalue weighted by atomic mass is 10.2. The number of rotatable bonds is 7. The third-order valence-corrected chi connectivity index (χ3v) is 4.13. The highest BCUT2D eigenvalue weighted by molar-refractivity contribution is 7.99. The molecule has 0 bridgehead atoms. The van der Waals surface area contributed by atoms with Crippen LogP contribution < -0.4 is 4.74 Å². The molecule has 1 aromatic carbocycles. The summed E-state index contributed by atoms with van der Waals surface area (Å²) in [4.78, 5) is 7.11. The Hall–Kier alpha value is -1.46. The van der Waals surface area contributed by atoms with E-state index in [4.69, 9.17) is 4.74 Å². The molecular weight excluding hydrogens is 260 g/mol. The summed E-state index contributed by atoms with van der Waals surface area (Å²) in [6.07, 6.45) is 4.31. The number of aliphatic hydroxyl groups excluding tert-OH is 1. The third kappa shape index (κ3) is 4.29. The van der Waals surface area contributed by atoms with Gasteiger partial charge in [0.2, 0.25) is 0 Å². The monoisotopic (exact) mass is 278 g/mol. The molecule has 0 aliphatic rings. The fraction of sp³-hybridized carbons (Fsp3) is 0.357. The van der Waals surface area contributed by atoms with Crippen molar-refractivity contribution in [2.75, 3.05) is 13.7 Å². The second kappa shape index (κ2) is 7.21. The lowest BCUT2D eigenvalue weighted by Gasteiger charge is -2.12. The SMILES string of the molecule is COc1ccc(CSC(CO)Cc2c[nH]cn2)cc1. The van der Waals surface area contributed by atoms with Gasteiger partial charge in [0.1, 0.15) is 5.75 Å². The zero-order chi connectivity index (χ0) is 13.5. The van der Waals surface area contributed by atoms with Crippen molar-refractivity contribution in [2.45, 2.75) is 17.4 Å². The number of nitrogens with zero attached hydrogens (tertiary/aromatic N) is 1. The first-order valence-electron chi connectivity index (χ1n) is 6.15. The number of hydrogen-bond donors (Lipinski definition) is 2. The average Bonchev–Trinajstić information content (AvgIpc) is 2.97. The van der Waals surface area contributed by atoms with Crippen LogP contribution in [0.25, 0.3) is 0 Å². The summed E-state index contributed by atoms with van der Waals surface area (Å²) in [6.45, 7) is 0.160. The minimum Gasteiger partial charge on any atom is -0.497 e. The van der Waals surface area contributed by atoms with E-state index in [-0.39, 0.29) is 11.9 Å². The number of aromatic amines is 1. The normalized spacial score (nSPS) is 12.3. The van der Waals surface area contributed by atoms with Gasteiger partial charge in [-0.3, -0.25) is 0 Å². The van der Waals surface area contributed by atoms with Crippen LogP contribution in [0.1, 0.15) is 11.3 Å². The number of ether oxygens (including phenoxy) is 1. The molecule has 0 saturated heterocycles. The molecule has 1 aromatic heterocycles. The molecule has 2 rings (SSSR count). The third-order valence-electron chi connectivity index (χ3n) is 2.84. The molecule has 5 heteroatoms. The number of benzene rings is 1. The predicted molar refractivity (Wildman–Crippen MR) is 77.5 cm³/mol. The Morgan fingerprint density at radius 3 is 2.74 bits per heavy atom. The van der Waals surface area contributed by atoms with E-state index in [1.54, 1.807) is 25.2 Å². The van der Waals surface area contributed by atoms with E-state index in [9.17, 15) is 5.11 Å². The van der Waals surface area contributed by atoms with E-state index in [2.05, 4.69) is 22.1 Å². The first kappa shape index (κ1) is 14.0. The van der Waals surface area contributed by atoms with Gasteiger partial charge in [-0.2, -0.15) is 11.8 Å². The van der Waals surface area contributed by atoms with Gasteiger partial charge in [-0.15, -0.1) is 0 Å². The van der Waals surface area contributed by atoms with E-state index >= 15 is 0 Å². The lowest BCUT2D eigenvalue weighted by molar-refractivity contribution is 0.293. The van der Waals surface area contributed by atoms with Gasteiger partial charge in [0, 0.05) is 23.6 Å². The van der Waals surface area contributed by atoms with Crippen LogP contribution in [0.4, 0.5) is 0 Å². The molecule has 2 aromatic rings. The fourth-order valence-electron chi connectivity index (χ4n) is 1.75. The van der Waals surface area contributed by atoms with Gasteiger partial charge < -0.3 is 14.8 Å². The second-order valence-electron chi connectivity index (χ2n) is 4.23. The van der Waals surface area contributed by atoms with Gasteiger partial charge in [-0.05, 0) is 17.7 Å². The molecule has 0 aliphatic carbocycles. The molecule has 102 valence electrons. The van der Waals surface area contributed by atoms with E-state index in [1.807, 2.05) is 18.3 Å². The summed E-state index contributed by atoms with van der Waals surface area (Å²) in [5, 5.41) is 9.58. The molecule has 2 N–H and O–H groups in total. The van der Waals surface area contributed by atoms with Crippen LogP contribution in [0.5, 0.6) is 5.75 Å². The number of thioether (sulfide) groups is 1. The van der Waals surface area contributed by atoms with Crippen molar-refractivity contribution in [1.29, 1.82) is 0 Å². The molecular formula is C14H18N2O2S. The van der Waals surface area contributed by atoms with E-state index in [0.717, 1.165) is 23.6 Å². The van der Waals surface area contributed by atoms with Gasteiger partial charge in [0.05, 0.1) is 25.7 Å². The van der Waals surface area contributed by atoms with Gasteiger partial charge in [-0.25, -0.2) is 4.98 Å². The Balaban J connectivity index is 1.84. The number of nitrogens with one attached hydrogen (secondary N) is 1. The Morgan fingerprint density at radius 2 is 2.16 bits per heavy atom. The first-order valence-corrected chi connectivity index (χ1v) is 7.19. The number of methoxy groups -OCH3 is 1. The van der Waals surface area contributed by atoms with Crippen molar-refractivity contribution in [3.8, 4) is 5.75 Å². The van der Waals surface area contributed by atoms with Crippen LogP contribution in [-0.4, -0.2) is 34.0 Å². The number of H-pyrrole nitrogens is 1. The molecule has 4 nitrogen and oxygen atoms in total. The van der Waals surface area contributed by atoms with Crippen LogP contribution >= 0.6 is 11.8 Å². The van der Waals surface area contributed by atoms with E-state index < -0.39 is 0 Å². The van der Waals surface area contributed by atoms with Crippen molar-refractivity contribution in [3.63, 3.8) is 0 Å². The number of aromatic nitrogens is 2. The van der Waals surface area contributed by atoms with Gasteiger partial charge in [-0.1, -0.05) is 12.1 Å². The van der Waals surface area contributed by atoms with E-state index in [0.29, 0.717) is 0 Å². The summed E-state index contributed by atoms with van der Waals surface area (Å²) >= 11 is 1.74. The largest absolute Gasteiger partial charge is 0.497 e. The zero-order valence-corrected chi connectivity index (χ0v) is 11.7. The minimum absolute atomic E-state index is 0.160. The Bertz CT molecular complexity index is 471. The zero-order valence-electron chi connectivity index (χ0n) is 10.9. The Kier molecular flexibility index (Phi) is 5.30. The number of hydrogen-bond acceptors (Lipinski definition) is 4. The summed E-state index contributed by atoms with van der Waals surface area (Å²) in [6, 6.07) is 8.01. The highest BCUT2D eigenvalue weighted by Crippen LogP contribution is 2.22. The van der Waals surface area contributed by atoms with Crippen molar-refractivity contribution in [1.82, 2.24) is 9.97 Å². The number of imidazole rings is 1. The average molecular weight is 278 g/mol. The maximum atomic E-state index is 9.41. The summed E-state index contributed by atoms with van der Waals surface area (Å²) in [5.41, 5.74) is 2.22. The Labute approximate surface area is 117 Å². The van der Waals surface area contributed by atoms with Gasteiger partial charge >= 0.3 is 0 Å². The molecule has 0 saturated carbocycles. The van der Waals surface area contributed by atoms with Crippen molar-refractivity contribution in [2.24, 2.45) is 0 Å². The van der Waals surface area contributed by atoms with Crippen LogP contribution in [0.2, 0.25) is 0 Å². The summed E-state index contributed by atoms with van der Waals surface area (Å²) < 4.78 is 5.13. The molecule has 0 fully saturated rings. The maximum absolute atomic E-state index is 9.41. The Morgan fingerprint density at radius 1 is 1.37 bits per heavy atom. The molecule has 1 atom stereocenters. The van der Waals surface area contributed by atoms with Crippen LogP contribution in [0.3, 0.4) is 0 Å². The van der Waals surface area contributed by atoms with E-state index in [1.165, 1.54) is 5.56 Å². The predicted octanol–water partition coefficient (Wildman–Crippen LogP) is 2.26. The highest BCUT2D eigenvalue weighted by atomic mass is 32.2. The standard InChI is InChI=1S/C14H18N2O2S/c1-18-13-4-2-11(3-5-13)9-19-14(8-17)6-12-7-15-10-16-12/h2-5,7,10,14,17H,6,8-9H2,1H3,(H,15,16). The topological polar surface area (TPSA) is 58.1 Å². The smallest absolute Gasteiger partial charge is 0.118 e. The van der Waals surface area contributed by atoms with Crippen LogP contribution in [0, 0.1) is 0 Å². The quantitative estimate of drug-likeness (QED) is 0.815. The molecule has 19 heavy (non-hydrogen) atoms. The maximum Gasteiger partial charge on any atom is 0.118 e. The van der Waals surface area contributed by atoms with Crippen molar-refractivity contribution < 1.29 is 9.84 Å². The summed E-state index contributed by atoms with van der Waals surface area (Å²) in [5.74, 6) is 1.74. The van der Waals surface area contributed by atoms with Crippen molar-refractivity contribution in [3.05, 3.63) is 48.0 Å². The molecule has 0 amide bonds. The lowest BCUT2D eigenvalue weighted by Crippen LogP contribution is -2.12. The highest BCUT2D eigenvalue weighted by Gasteiger charge is 2.10. The number of aliphatic hydroxyl groups is 1. The van der Waals surface area contributed by atoms with Gasteiger partial charge in [0.25, 0.3) is 0 Å². The summed E-state index contributed by atoms with van der Waals surface area (Å²) in [7, 11) is 1.66. The minimum atomic E-state index is 0.160.